The van der Waals surface area contributed by atoms with Crippen molar-refractivity contribution in [3.63, 3.8) is 0 Å². The number of nitrogens with one attached hydrogen (secondary N) is 2. The first-order valence-electron chi connectivity index (χ1n) is 14.1. The second-order valence-corrected chi connectivity index (χ2v) is 10.6. The average Bonchev–Trinajstić information content (AvgIpc) is 3.55. The van der Waals surface area contributed by atoms with Gasteiger partial charge in [0.05, 0.1) is 30.5 Å². The molecule has 2 N–H and O–H groups in total. The summed E-state index contributed by atoms with van der Waals surface area (Å²) in [6, 6.07) is 10.5. The molecule has 0 saturated carbocycles. The molecule has 5 heterocycles. The van der Waals surface area contributed by atoms with E-state index in [9.17, 15) is 4.79 Å². The van der Waals surface area contributed by atoms with Crippen LogP contribution < -0.4 is 15.5 Å². The molecule has 3 aromatic rings. The van der Waals surface area contributed by atoms with Crippen LogP contribution in [0.3, 0.4) is 0 Å². The molecule has 1 amide bonds. The van der Waals surface area contributed by atoms with Crippen LogP contribution >= 0.6 is 0 Å². The zero-order chi connectivity index (χ0) is 26.6. The minimum atomic E-state index is 0.0312. The molecule has 3 aliphatic heterocycles. The number of anilines is 2. The minimum Gasteiger partial charge on any atom is -0.381 e. The van der Waals surface area contributed by atoms with Gasteiger partial charge in [0.2, 0.25) is 5.91 Å². The monoisotopic (exact) mass is 531 g/mol. The number of piperazine rings is 1. The number of hydrogen-bond donors (Lipinski definition) is 2. The molecular formula is C29H37N7O3. The van der Waals surface area contributed by atoms with E-state index in [4.69, 9.17) is 14.5 Å². The lowest BCUT2D eigenvalue weighted by Crippen LogP contribution is -2.51. The van der Waals surface area contributed by atoms with Crippen molar-refractivity contribution in [3.05, 3.63) is 42.7 Å². The molecule has 206 valence electrons. The van der Waals surface area contributed by atoms with E-state index in [0.29, 0.717) is 31.5 Å². The largest absolute Gasteiger partial charge is 0.381 e. The molecule has 39 heavy (non-hydrogen) atoms. The highest BCUT2D eigenvalue weighted by Crippen LogP contribution is 2.28. The predicted molar refractivity (Wildman–Crippen MR) is 151 cm³/mol. The van der Waals surface area contributed by atoms with Gasteiger partial charge in [0, 0.05) is 82.0 Å². The third-order valence-corrected chi connectivity index (χ3v) is 8.14. The zero-order valence-electron chi connectivity index (χ0n) is 22.5. The Morgan fingerprint density at radius 1 is 1.13 bits per heavy atom. The summed E-state index contributed by atoms with van der Waals surface area (Å²) in [6.07, 6.45) is 4.48. The van der Waals surface area contributed by atoms with Crippen LogP contribution in [0, 0.1) is 11.8 Å². The molecule has 0 spiro atoms. The third kappa shape index (κ3) is 5.83. The van der Waals surface area contributed by atoms with E-state index in [1.54, 1.807) is 12.4 Å². The first-order valence-corrected chi connectivity index (χ1v) is 14.1. The molecule has 2 aromatic heterocycles. The number of aromatic nitrogens is 3. The van der Waals surface area contributed by atoms with E-state index in [0.717, 1.165) is 80.3 Å². The highest BCUT2D eigenvalue weighted by atomic mass is 16.5. The number of hydrogen-bond acceptors (Lipinski definition) is 9. The Hall–Kier alpha value is -3.34. The highest BCUT2D eigenvalue weighted by molar-refractivity contribution is 5.88. The van der Waals surface area contributed by atoms with Crippen molar-refractivity contribution in [3.8, 4) is 11.3 Å². The number of ether oxygens (including phenoxy) is 2. The van der Waals surface area contributed by atoms with Crippen LogP contribution in [0.2, 0.25) is 0 Å². The molecule has 3 atom stereocenters. The standard InChI is InChI=1S/C29H37N7O3/c1-20(22-6-14-38-19-22)29(37)36-12-10-35(11-13-36)23-4-2-21(3-5-23)25-16-26-27(32-8-7-31-26)28(34-25)33-18-24-17-30-9-15-39-24/h2-5,7-8,16,20,22,24,30H,6,9-15,17-19H2,1H3,(H,33,34). The van der Waals surface area contributed by atoms with Crippen molar-refractivity contribution in [1.82, 2.24) is 25.2 Å². The number of carbonyl (C=O) groups is 1. The van der Waals surface area contributed by atoms with Gasteiger partial charge in [0.1, 0.15) is 5.52 Å². The number of pyridine rings is 1. The molecule has 10 nitrogen and oxygen atoms in total. The number of amides is 1. The van der Waals surface area contributed by atoms with Crippen molar-refractivity contribution in [2.75, 3.05) is 75.9 Å². The third-order valence-electron chi connectivity index (χ3n) is 8.14. The van der Waals surface area contributed by atoms with Gasteiger partial charge in [0.25, 0.3) is 0 Å². The maximum atomic E-state index is 13.0. The van der Waals surface area contributed by atoms with Crippen molar-refractivity contribution >= 4 is 28.4 Å². The number of morpholine rings is 1. The number of carbonyl (C=O) groups excluding carboxylic acids is 1. The molecule has 3 fully saturated rings. The maximum absolute atomic E-state index is 13.0. The minimum absolute atomic E-state index is 0.0312. The molecule has 1 aromatic carbocycles. The normalized spacial score (nSPS) is 22.7. The van der Waals surface area contributed by atoms with Crippen LogP contribution in [0.4, 0.5) is 11.5 Å². The smallest absolute Gasteiger partial charge is 0.225 e. The number of benzene rings is 1. The average molecular weight is 532 g/mol. The summed E-state index contributed by atoms with van der Waals surface area (Å²) >= 11 is 0. The Labute approximate surface area is 229 Å². The number of nitrogens with zero attached hydrogens (tertiary/aromatic N) is 5. The fourth-order valence-electron chi connectivity index (χ4n) is 5.67. The summed E-state index contributed by atoms with van der Waals surface area (Å²) in [5.41, 5.74) is 4.58. The van der Waals surface area contributed by atoms with Crippen LogP contribution in [0.25, 0.3) is 22.3 Å². The Balaban J connectivity index is 1.12. The van der Waals surface area contributed by atoms with Gasteiger partial charge >= 0.3 is 0 Å². The summed E-state index contributed by atoms with van der Waals surface area (Å²) in [5.74, 6) is 1.37. The fourth-order valence-corrected chi connectivity index (χ4v) is 5.67. The Bertz CT molecular complexity index is 1270. The van der Waals surface area contributed by atoms with Crippen molar-refractivity contribution in [1.29, 1.82) is 0 Å². The molecule has 3 unspecified atom stereocenters. The van der Waals surface area contributed by atoms with Crippen LogP contribution in [0.15, 0.2) is 42.7 Å². The fraction of sp³-hybridized carbons (Fsp3) is 0.517. The topological polar surface area (TPSA) is 105 Å². The SMILES string of the molecule is CC(C(=O)N1CCN(c2ccc(-c3cc4nccnc4c(NCC4CNCCO4)n3)cc2)CC1)C1CCOC1. The van der Waals surface area contributed by atoms with E-state index >= 15 is 0 Å². The quantitative estimate of drug-likeness (QED) is 0.476. The molecule has 0 aliphatic carbocycles. The summed E-state index contributed by atoms with van der Waals surface area (Å²) in [5, 5.41) is 6.80. The van der Waals surface area contributed by atoms with Gasteiger partial charge in [0.15, 0.2) is 5.82 Å². The second-order valence-electron chi connectivity index (χ2n) is 10.6. The van der Waals surface area contributed by atoms with Gasteiger partial charge in [-0.25, -0.2) is 9.97 Å². The summed E-state index contributed by atoms with van der Waals surface area (Å²) in [7, 11) is 0. The highest BCUT2D eigenvalue weighted by Gasteiger charge is 2.32. The molecule has 10 heteroatoms. The van der Waals surface area contributed by atoms with Gasteiger partial charge in [-0.05, 0) is 30.5 Å². The molecule has 0 bridgehead atoms. The van der Waals surface area contributed by atoms with Crippen LogP contribution in [-0.4, -0.2) is 97.5 Å². The van der Waals surface area contributed by atoms with Gasteiger partial charge in [-0.3, -0.25) is 9.78 Å². The van der Waals surface area contributed by atoms with Crippen LogP contribution in [-0.2, 0) is 14.3 Å². The molecule has 0 radical (unpaired) electrons. The van der Waals surface area contributed by atoms with Crippen LogP contribution in [0.1, 0.15) is 13.3 Å². The van der Waals surface area contributed by atoms with Crippen LogP contribution in [0.5, 0.6) is 0 Å². The van der Waals surface area contributed by atoms with Gasteiger partial charge < -0.3 is 29.9 Å². The van der Waals surface area contributed by atoms with E-state index in [1.807, 2.05) is 11.0 Å². The lowest BCUT2D eigenvalue weighted by molar-refractivity contribution is -0.137. The molecule has 6 rings (SSSR count). The summed E-state index contributed by atoms with van der Waals surface area (Å²) in [6.45, 7) is 9.76. The van der Waals surface area contributed by atoms with E-state index in [1.165, 1.54) is 0 Å². The van der Waals surface area contributed by atoms with Crippen molar-refractivity contribution in [2.24, 2.45) is 11.8 Å². The summed E-state index contributed by atoms with van der Waals surface area (Å²) in [4.78, 5) is 31.4. The van der Waals surface area contributed by atoms with Gasteiger partial charge in [-0.2, -0.15) is 0 Å². The van der Waals surface area contributed by atoms with Crippen molar-refractivity contribution in [2.45, 2.75) is 19.4 Å². The first kappa shape index (κ1) is 25.9. The number of rotatable bonds is 7. The predicted octanol–water partition coefficient (Wildman–Crippen LogP) is 2.41. The first-order chi connectivity index (χ1) is 19.2. The van der Waals surface area contributed by atoms with E-state index in [-0.39, 0.29) is 17.9 Å². The Kier molecular flexibility index (Phi) is 7.85. The van der Waals surface area contributed by atoms with Gasteiger partial charge in [-0.1, -0.05) is 19.1 Å². The van der Waals surface area contributed by atoms with Gasteiger partial charge in [-0.15, -0.1) is 0 Å². The zero-order valence-corrected chi connectivity index (χ0v) is 22.5. The lowest BCUT2D eigenvalue weighted by atomic mass is 9.92. The Morgan fingerprint density at radius 2 is 1.95 bits per heavy atom. The number of fused-ring (bicyclic) bond motifs is 1. The molecule has 3 saturated heterocycles. The summed E-state index contributed by atoms with van der Waals surface area (Å²) < 4.78 is 11.3. The van der Waals surface area contributed by atoms with E-state index < -0.39 is 0 Å². The molecular weight excluding hydrogens is 494 g/mol. The van der Waals surface area contributed by atoms with E-state index in [2.05, 4.69) is 56.7 Å². The second kappa shape index (κ2) is 11.8. The maximum Gasteiger partial charge on any atom is 0.225 e. The Morgan fingerprint density at radius 3 is 2.69 bits per heavy atom. The lowest BCUT2D eigenvalue weighted by Gasteiger charge is -2.38. The molecule has 3 aliphatic rings. The van der Waals surface area contributed by atoms with Crippen molar-refractivity contribution < 1.29 is 14.3 Å².